The Labute approximate surface area is 61.0 Å². The first-order valence-electron chi connectivity index (χ1n) is 3.97. The summed E-state index contributed by atoms with van der Waals surface area (Å²) in [4.78, 5) is 3.16. The van der Waals surface area contributed by atoms with Gasteiger partial charge in [-0.2, -0.15) is 0 Å². The number of nitrogens with one attached hydrogen (secondary N) is 2. The molecule has 1 unspecified atom stereocenters. The molecule has 0 bridgehead atoms. The molecule has 0 aromatic carbocycles. The van der Waals surface area contributed by atoms with Crippen LogP contribution in [0.5, 0.6) is 0 Å². The minimum absolute atomic E-state index is 0.648. The summed E-state index contributed by atoms with van der Waals surface area (Å²) in [5.41, 5.74) is 1.55. The van der Waals surface area contributed by atoms with Gasteiger partial charge in [-0.15, -0.1) is 0 Å². The van der Waals surface area contributed by atoms with E-state index in [0.717, 1.165) is 6.42 Å². The summed E-state index contributed by atoms with van der Waals surface area (Å²) in [6.45, 7) is 1.19. The molecule has 2 aliphatic rings. The van der Waals surface area contributed by atoms with Gasteiger partial charge in [0.15, 0.2) is 6.20 Å². The van der Waals surface area contributed by atoms with Crippen LogP contribution in [0, 0.1) is 0 Å². The molecule has 0 spiro atoms. The zero-order chi connectivity index (χ0) is 6.81. The quantitative estimate of drug-likeness (QED) is 0.448. The summed E-state index contributed by atoms with van der Waals surface area (Å²) in [5, 5.41) is 3.48. The van der Waals surface area contributed by atoms with Gasteiger partial charge in [0, 0.05) is 18.0 Å². The summed E-state index contributed by atoms with van der Waals surface area (Å²) in [6.07, 6.45) is 7.97. The molecule has 0 aliphatic carbocycles. The average molecular weight is 137 g/mol. The molecular formula is C8H13N2+. The van der Waals surface area contributed by atoms with Gasteiger partial charge in [-0.1, -0.05) is 0 Å². The molecule has 2 heterocycles. The zero-order valence-corrected chi connectivity index (χ0v) is 6.06. The lowest BCUT2D eigenvalue weighted by Crippen LogP contribution is -2.65. The molecule has 2 N–H and O–H groups in total. The van der Waals surface area contributed by atoms with Crippen LogP contribution in [-0.4, -0.2) is 18.8 Å². The second-order valence-electron chi connectivity index (χ2n) is 2.94. The van der Waals surface area contributed by atoms with E-state index in [1.165, 1.54) is 19.4 Å². The molecule has 1 saturated heterocycles. The van der Waals surface area contributed by atoms with E-state index >= 15 is 0 Å². The van der Waals surface area contributed by atoms with E-state index in [9.17, 15) is 0 Å². The molecule has 0 amide bonds. The van der Waals surface area contributed by atoms with Crippen molar-refractivity contribution >= 4 is 6.21 Å². The van der Waals surface area contributed by atoms with E-state index < -0.39 is 0 Å². The van der Waals surface area contributed by atoms with Crippen molar-refractivity contribution in [3.8, 4) is 0 Å². The fourth-order valence-electron chi connectivity index (χ4n) is 1.63. The Morgan fingerprint density at radius 3 is 3.50 bits per heavy atom. The van der Waals surface area contributed by atoms with E-state index in [2.05, 4.69) is 22.7 Å². The normalized spacial score (nSPS) is 31.2. The number of fused-ring (bicyclic) bond motifs is 1. The van der Waals surface area contributed by atoms with Crippen LogP contribution in [0.1, 0.15) is 19.3 Å². The highest BCUT2D eigenvalue weighted by molar-refractivity contribution is 5.54. The minimum Gasteiger partial charge on any atom is -0.310 e. The second kappa shape index (κ2) is 2.54. The number of rotatable bonds is 0. The first-order valence-corrected chi connectivity index (χ1v) is 3.97. The number of piperidine rings is 1. The lowest BCUT2D eigenvalue weighted by molar-refractivity contribution is -0.372. The summed E-state index contributed by atoms with van der Waals surface area (Å²) in [7, 11) is 0. The van der Waals surface area contributed by atoms with E-state index in [1.807, 2.05) is 0 Å². The molecule has 0 aromatic rings. The summed E-state index contributed by atoms with van der Waals surface area (Å²) < 4.78 is 0. The van der Waals surface area contributed by atoms with Crippen molar-refractivity contribution in [2.45, 2.75) is 25.3 Å². The topological polar surface area (TPSA) is 26.0 Å². The van der Waals surface area contributed by atoms with Crippen molar-refractivity contribution in [3.05, 3.63) is 11.8 Å². The van der Waals surface area contributed by atoms with Gasteiger partial charge in [0.2, 0.25) is 0 Å². The zero-order valence-electron chi connectivity index (χ0n) is 6.06. The van der Waals surface area contributed by atoms with Crippen LogP contribution in [0.4, 0.5) is 0 Å². The van der Waals surface area contributed by atoms with Crippen molar-refractivity contribution < 1.29 is 4.99 Å². The first kappa shape index (κ1) is 6.10. The monoisotopic (exact) mass is 137 g/mol. The third-order valence-electron chi connectivity index (χ3n) is 2.22. The van der Waals surface area contributed by atoms with Gasteiger partial charge in [0.1, 0.15) is 6.21 Å². The first-order chi connectivity index (χ1) is 4.97. The molecule has 1 fully saturated rings. The maximum Gasteiger partial charge on any atom is 0.167 e. The highest BCUT2D eigenvalue weighted by atomic mass is 14.9. The Hall–Kier alpha value is -0.630. The molecule has 2 rings (SSSR count). The third kappa shape index (κ3) is 0.991. The van der Waals surface area contributed by atoms with Gasteiger partial charge >= 0.3 is 0 Å². The Balaban J connectivity index is 2.14. The average Bonchev–Trinajstić information content (AvgIpc) is 2.05. The van der Waals surface area contributed by atoms with Gasteiger partial charge in [-0.05, 0) is 19.4 Å². The Morgan fingerprint density at radius 2 is 2.60 bits per heavy atom. The fraction of sp³-hybridized carbons (Fsp3) is 0.625. The standard InChI is InChI=1S/C8H12N2/c1-2-7-6-9-5-3-8(7)10-4-1/h5-6,8,10H,1-4H2/p+1. The van der Waals surface area contributed by atoms with Crippen molar-refractivity contribution in [3.63, 3.8) is 0 Å². The minimum atomic E-state index is 0.648. The Bertz CT molecular complexity index is 182. The van der Waals surface area contributed by atoms with Crippen LogP contribution >= 0.6 is 0 Å². The molecule has 2 aliphatic heterocycles. The van der Waals surface area contributed by atoms with Gasteiger partial charge in [0.25, 0.3) is 0 Å². The van der Waals surface area contributed by atoms with Gasteiger partial charge in [-0.3, -0.25) is 0 Å². The maximum absolute atomic E-state index is 3.48. The molecule has 2 heteroatoms. The summed E-state index contributed by atoms with van der Waals surface area (Å²) >= 11 is 0. The second-order valence-corrected chi connectivity index (χ2v) is 2.94. The molecule has 0 aromatic heterocycles. The molecule has 54 valence electrons. The van der Waals surface area contributed by atoms with Gasteiger partial charge < -0.3 is 5.32 Å². The fourth-order valence-corrected chi connectivity index (χ4v) is 1.63. The van der Waals surface area contributed by atoms with Crippen molar-refractivity contribution in [1.82, 2.24) is 5.32 Å². The van der Waals surface area contributed by atoms with Gasteiger partial charge in [-0.25, -0.2) is 4.99 Å². The summed E-state index contributed by atoms with van der Waals surface area (Å²) in [5.74, 6) is 0. The number of hydrogen-bond acceptors (Lipinski definition) is 1. The molecule has 10 heavy (non-hydrogen) atoms. The Kier molecular flexibility index (Phi) is 1.55. The smallest absolute Gasteiger partial charge is 0.167 e. The Morgan fingerprint density at radius 1 is 1.60 bits per heavy atom. The lowest BCUT2D eigenvalue weighted by atomic mass is 9.95. The van der Waals surface area contributed by atoms with Crippen LogP contribution in [0.25, 0.3) is 0 Å². The largest absolute Gasteiger partial charge is 0.310 e. The van der Waals surface area contributed by atoms with Crippen LogP contribution in [-0.2, 0) is 0 Å². The van der Waals surface area contributed by atoms with Gasteiger partial charge in [0.05, 0.1) is 0 Å². The van der Waals surface area contributed by atoms with E-state index in [0.29, 0.717) is 6.04 Å². The highest BCUT2D eigenvalue weighted by Crippen LogP contribution is 2.15. The third-order valence-corrected chi connectivity index (χ3v) is 2.22. The van der Waals surface area contributed by atoms with E-state index in [4.69, 9.17) is 0 Å². The van der Waals surface area contributed by atoms with Crippen LogP contribution in [0.3, 0.4) is 0 Å². The van der Waals surface area contributed by atoms with Crippen LogP contribution in [0.2, 0.25) is 0 Å². The summed E-state index contributed by atoms with van der Waals surface area (Å²) in [6, 6.07) is 0.648. The molecule has 1 atom stereocenters. The van der Waals surface area contributed by atoms with Crippen molar-refractivity contribution in [1.29, 1.82) is 0 Å². The predicted molar refractivity (Wildman–Crippen MR) is 40.8 cm³/mol. The SMILES string of the molecule is C1=[NH+]C=C2CCCNC2C1. The number of hydrogen-bond donors (Lipinski definition) is 2. The predicted octanol–water partition coefficient (Wildman–Crippen LogP) is -0.823. The van der Waals surface area contributed by atoms with Crippen LogP contribution in [0.15, 0.2) is 11.8 Å². The molecule has 0 radical (unpaired) electrons. The van der Waals surface area contributed by atoms with Crippen molar-refractivity contribution in [2.24, 2.45) is 0 Å². The lowest BCUT2D eigenvalue weighted by Gasteiger charge is -2.24. The maximum atomic E-state index is 3.48. The van der Waals surface area contributed by atoms with Crippen LogP contribution < -0.4 is 10.3 Å². The van der Waals surface area contributed by atoms with E-state index in [1.54, 1.807) is 5.57 Å². The molecule has 2 nitrogen and oxygen atoms in total. The van der Waals surface area contributed by atoms with Crippen molar-refractivity contribution in [2.75, 3.05) is 6.54 Å². The highest BCUT2D eigenvalue weighted by Gasteiger charge is 2.21. The molecule has 0 saturated carbocycles. The molecular weight excluding hydrogens is 124 g/mol. The van der Waals surface area contributed by atoms with E-state index in [-0.39, 0.29) is 0 Å².